The Bertz CT molecular complexity index is 2290. The zero-order valence-electron chi connectivity index (χ0n) is 35.0. The molecule has 3 fully saturated rings. The molecule has 0 bridgehead atoms. The Morgan fingerprint density at radius 2 is 1.76 bits per heavy atom. The van der Waals surface area contributed by atoms with Crippen LogP contribution in [0.1, 0.15) is 102 Å². The van der Waals surface area contributed by atoms with Crippen molar-refractivity contribution in [3.05, 3.63) is 100 Å². The summed E-state index contributed by atoms with van der Waals surface area (Å²) in [5, 5.41) is 14.5. The molecule has 2 N–H and O–H groups in total. The minimum Gasteiger partial charge on any atom is -0.369 e. The number of piperazine rings is 1. The second kappa shape index (κ2) is 20.9. The third-order valence-electron chi connectivity index (χ3n) is 12.3. The lowest BCUT2D eigenvalue weighted by atomic mass is 10.0. The maximum atomic E-state index is 13.8. The summed E-state index contributed by atoms with van der Waals surface area (Å²) < 4.78 is 13.8. The summed E-state index contributed by atoms with van der Waals surface area (Å²) in [6.45, 7) is 7.06. The van der Waals surface area contributed by atoms with Crippen molar-refractivity contribution in [2.24, 2.45) is 5.92 Å². The average Bonchev–Trinajstić information content (AvgIpc) is 3.90. The molecule has 2 atom stereocenters. The van der Waals surface area contributed by atoms with Crippen molar-refractivity contribution < 1.29 is 28.4 Å². The van der Waals surface area contributed by atoms with Crippen molar-refractivity contribution in [2.45, 2.75) is 76.8 Å². The van der Waals surface area contributed by atoms with Gasteiger partial charge in [-0.05, 0) is 111 Å². The SMILES string of the molecule is N#C/C(=C\c1cccnc1F)C(=O)NCCCCC1CCN(C(=O)c2ccc(N3CCN(CCCCCC#Cc4cccc5c4CN(C4CCC(=O)NC4=O)C5=O)CC3)cc2)C1. The number of aromatic nitrogens is 1. The fourth-order valence-electron chi connectivity index (χ4n) is 8.73. The molecule has 62 heavy (non-hydrogen) atoms. The normalized spacial score (nSPS) is 19.1. The van der Waals surface area contributed by atoms with Crippen LogP contribution in [0.25, 0.3) is 6.08 Å². The highest BCUT2D eigenvalue weighted by Gasteiger charge is 2.39. The number of benzene rings is 2. The first-order valence-corrected chi connectivity index (χ1v) is 21.8. The summed E-state index contributed by atoms with van der Waals surface area (Å²) >= 11 is 0. The van der Waals surface area contributed by atoms with Gasteiger partial charge in [-0.3, -0.25) is 34.2 Å². The van der Waals surface area contributed by atoms with Crippen LogP contribution in [-0.4, -0.2) is 108 Å². The number of halogens is 1. The fraction of sp³-hybridized carbons (Fsp3) is 0.438. The van der Waals surface area contributed by atoms with E-state index in [1.807, 2.05) is 35.2 Å². The number of imide groups is 1. The molecule has 7 rings (SSSR count). The zero-order valence-corrected chi connectivity index (χ0v) is 35.0. The quantitative estimate of drug-likeness (QED) is 0.0533. The van der Waals surface area contributed by atoms with E-state index in [1.54, 1.807) is 17.0 Å². The number of unbranched alkanes of at least 4 members (excludes halogenated alkanes) is 4. The number of fused-ring (bicyclic) bond motifs is 1. The highest BCUT2D eigenvalue weighted by molar-refractivity contribution is 6.05. The van der Waals surface area contributed by atoms with E-state index >= 15 is 0 Å². The lowest BCUT2D eigenvalue weighted by Gasteiger charge is -2.36. The number of hydrogen-bond acceptors (Lipinski definition) is 9. The molecule has 1 aromatic heterocycles. The van der Waals surface area contributed by atoms with Crippen LogP contribution >= 0.6 is 0 Å². The maximum Gasteiger partial charge on any atom is 0.261 e. The molecule has 14 heteroatoms. The molecular formula is C48H53FN8O5. The summed E-state index contributed by atoms with van der Waals surface area (Å²) in [7, 11) is 0. The van der Waals surface area contributed by atoms with Gasteiger partial charge in [0.15, 0.2) is 0 Å². The minimum atomic E-state index is -0.736. The summed E-state index contributed by atoms with van der Waals surface area (Å²) in [5.41, 5.74) is 4.01. The molecule has 0 spiro atoms. The van der Waals surface area contributed by atoms with Gasteiger partial charge in [0.2, 0.25) is 17.8 Å². The van der Waals surface area contributed by atoms with E-state index < -0.39 is 23.8 Å². The largest absolute Gasteiger partial charge is 0.369 e. The van der Waals surface area contributed by atoms with Gasteiger partial charge in [0.05, 0.1) is 0 Å². The number of piperidine rings is 1. The Kier molecular flexibility index (Phi) is 14.8. The second-order valence-electron chi connectivity index (χ2n) is 16.4. The van der Waals surface area contributed by atoms with E-state index in [2.05, 4.69) is 49.4 Å². The molecule has 2 aromatic carbocycles. The molecule has 0 radical (unpaired) electrons. The molecule has 3 saturated heterocycles. The molecule has 5 heterocycles. The van der Waals surface area contributed by atoms with Gasteiger partial charge < -0.3 is 20.0 Å². The molecular weight excluding hydrogens is 788 g/mol. The minimum absolute atomic E-state index is 0.0569. The highest BCUT2D eigenvalue weighted by atomic mass is 19.1. The Morgan fingerprint density at radius 3 is 2.53 bits per heavy atom. The van der Waals surface area contributed by atoms with Gasteiger partial charge in [-0.25, -0.2) is 4.98 Å². The molecule has 2 unspecified atom stereocenters. The van der Waals surface area contributed by atoms with Crippen LogP contribution in [0.4, 0.5) is 10.1 Å². The van der Waals surface area contributed by atoms with Crippen LogP contribution in [0.2, 0.25) is 0 Å². The number of amides is 5. The van der Waals surface area contributed by atoms with Crippen molar-refractivity contribution in [3.63, 3.8) is 0 Å². The summed E-state index contributed by atoms with van der Waals surface area (Å²) in [6, 6.07) is 17.7. The summed E-state index contributed by atoms with van der Waals surface area (Å²) in [5.74, 6) is 4.86. The van der Waals surface area contributed by atoms with E-state index in [-0.39, 0.29) is 35.3 Å². The van der Waals surface area contributed by atoms with E-state index in [0.717, 1.165) is 107 Å². The van der Waals surface area contributed by atoms with Gasteiger partial charge in [0.1, 0.15) is 17.7 Å². The Hall–Kier alpha value is -6.38. The van der Waals surface area contributed by atoms with E-state index in [0.29, 0.717) is 43.1 Å². The number of nitrogens with one attached hydrogen (secondary N) is 2. The van der Waals surface area contributed by atoms with Crippen LogP contribution in [0.5, 0.6) is 0 Å². The average molecular weight is 841 g/mol. The molecule has 13 nitrogen and oxygen atoms in total. The third kappa shape index (κ3) is 10.9. The van der Waals surface area contributed by atoms with E-state index in [9.17, 15) is 33.6 Å². The Balaban J connectivity index is 0.754. The van der Waals surface area contributed by atoms with E-state index in [4.69, 9.17) is 0 Å². The highest BCUT2D eigenvalue weighted by Crippen LogP contribution is 2.30. The number of rotatable bonds is 15. The molecule has 0 saturated carbocycles. The predicted molar refractivity (Wildman–Crippen MR) is 232 cm³/mol. The standard InChI is InChI=1S/C48H53FN8O5/c49-44-37(13-9-23-51-44)30-38(31-50)45(59)52-22-6-5-10-34-21-25-56(32-34)47(61)36-15-17-39(18-16-36)55-28-26-54(27-29-55)24-7-3-1-2-4-11-35-12-8-14-40-41(35)33-57(48(40)62)42-19-20-43(58)53-46(42)60/h8-9,12-18,23,30,34,42H,1-3,5-7,10,19-22,24-29,32-33H2,(H,52,59)(H,53,58,60)/b38-30+. The number of carbonyl (C=O) groups excluding carboxylic acids is 5. The van der Waals surface area contributed by atoms with E-state index in [1.165, 1.54) is 18.3 Å². The van der Waals surface area contributed by atoms with Gasteiger partial charge in [0, 0.05) is 99.3 Å². The lowest BCUT2D eigenvalue weighted by Crippen LogP contribution is -2.52. The molecule has 322 valence electrons. The first kappa shape index (κ1) is 43.7. The summed E-state index contributed by atoms with van der Waals surface area (Å²) in [6.07, 6.45) is 10.5. The first-order chi connectivity index (χ1) is 30.2. The van der Waals surface area contributed by atoms with Crippen molar-refractivity contribution in [3.8, 4) is 17.9 Å². The lowest BCUT2D eigenvalue weighted by molar-refractivity contribution is -0.137. The van der Waals surface area contributed by atoms with Gasteiger partial charge in [0.25, 0.3) is 17.7 Å². The van der Waals surface area contributed by atoms with Crippen molar-refractivity contribution in [1.29, 1.82) is 5.26 Å². The maximum absolute atomic E-state index is 13.8. The smallest absolute Gasteiger partial charge is 0.261 e. The summed E-state index contributed by atoms with van der Waals surface area (Å²) in [4.78, 5) is 74.8. The first-order valence-electron chi connectivity index (χ1n) is 21.8. The predicted octanol–water partition coefficient (Wildman–Crippen LogP) is 5.07. The molecule has 5 amide bonds. The Labute approximate surface area is 362 Å². The van der Waals surface area contributed by atoms with Crippen LogP contribution < -0.4 is 15.5 Å². The number of pyridine rings is 1. The van der Waals surface area contributed by atoms with Crippen LogP contribution in [0.15, 0.2) is 66.4 Å². The fourth-order valence-corrected chi connectivity index (χ4v) is 8.73. The molecule has 4 aliphatic rings. The third-order valence-corrected chi connectivity index (χ3v) is 12.3. The number of carbonyl (C=O) groups is 5. The monoisotopic (exact) mass is 840 g/mol. The zero-order chi connectivity index (χ0) is 43.4. The van der Waals surface area contributed by atoms with Crippen LogP contribution in [0, 0.1) is 35.0 Å². The topological polar surface area (TPSA) is 159 Å². The molecule has 4 aliphatic heterocycles. The Morgan fingerprint density at radius 1 is 0.935 bits per heavy atom. The van der Waals surface area contributed by atoms with Gasteiger partial charge in [-0.1, -0.05) is 30.7 Å². The van der Waals surface area contributed by atoms with Gasteiger partial charge >= 0.3 is 0 Å². The second-order valence-corrected chi connectivity index (χ2v) is 16.4. The van der Waals surface area contributed by atoms with Gasteiger partial charge in [-0.2, -0.15) is 9.65 Å². The van der Waals surface area contributed by atoms with Crippen molar-refractivity contribution in [2.75, 3.05) is 57.3 Å². The number of nitrogens with zero attached hydrogens (tertiary/aromatic N) is 6. The van der Waals surface area contributed by atoms with Crippen LogP contribution in [-0.2, 0) is 20.9 Å². The van der Waals surface area contributed by atoms with Gasteiger partial charge in [-0.15, -0.1) is 0 Å². The molecule has 3 aromatic rings. The number of likely N-dealkylation sites (tertiary alicyclic amines) is 1. The number of nitriles is 1. The van der Waals surface area contributed by atoms with Crippen LogP contribution in [0.3, 0.4) is 0 Å². The number of anilines is 1. The van der Waals surface area contributed by atoms with Crippen molar-refractivity contribution in [1.82, 2.24) is 30.3 Å². The van der Waals surface area contributed by atoms with Crippen molar-refractivity contribution >= 4 is 41.3 Å². The molecule has 0 aliphatic carbocycles. The number of hydrogen-bond donors (Lipinski definition) is 2.